The van der Waals surface area contributed by atoms with E-state index in [4.69, 9.17) is 4.99 Å². The molecule has 0 saturated carbocycles. The molecule has 1 N–H and O–H groups in total. The zero-order valence-electron chi connectivity index (χ0n) is 11.2. The maximum absolute atomic E-state index is 4.75. The van der Waals surface area contributed by atoms with Crippen LogP contribution in [0.4, 0.5) is 5.69 Å². The second-order valence-electron chi connectivity index (χ2n) is 5.43. The molecule has 0 radical (unpaired) electrons. The van der Waals surface area contributed by atoms with Gasteiger partial charge >= 0.3 is 0 Å². The minimum Gasteiger partial charge on any atom is -0.344 e. The first kappa shape index (κ1) is 12.2. The van der Waals surface area contributed by atoms with Crippen molar-refractivity contribution in [3.05, 3.63) is 29.3 Å². The van der Waals surface area contributed by atoms with Crippen molar-refractivity contribution >= 4 is 11.5 Å². The Morgan fingerprint density at radius 2 is 1.82 bits per heavy atom. The monoisotopic (exact) mass is 230 g/mol. The normalized spacial score (nSPS) is 19.6. The zero-order chi connectivity index (χ0) is 12.4. The van der Waals surface area contributed by atoms with Crippen LogP contribution in [0.2, 0.25) is 0 Å². The van der Waals surface area contributed by atoms with E-state index in [1.165, 1.54) is 23.2 Å². The molecule has 1 aliphatic rings. The van der Waals surface area contributed by atoms with Gasteiger partial charge in [-0.1, -0.05) is 19.9 Å². The molecule has 0 spiro atoms. The molecule has 0 unspecified atom stereocenters. The summed E-state index contributed by atoms with van der Waals surface area (Å²) in [4.78, 5) is 4.75. The Kier molecular flexibility index (Phi) is 3.51. The smallest absolute Gasteiger partial charge is 0.101 e. The molecule has 1 heterocycles. The van der Waals surface area contributed by atoms with Crippen molar-refractivity contribution in [3.63, 3.8) is 0 Å². The molecule has 2 nitrogen and oxygen atoms in total. The minimum absolute atomic E-state index is 0.503. The van der Waals surface area contributed by atoms with Gasteiger partial charge in [-0.05, 0) is 49.4 Å². The first-order valence-electron chi connectivity index (χ1n) is 6.46. The van der Waals surface area contributed by atoms with Crippen LogP contribution in [0.5, 0.6) is 0 Å². The highest BCUT2D eigenvalue weighted by molar-refractivity contribution is 5.96. The minimum atomic E-state index is 0.503. The Morgan fingerprint density at radius 3 is 2.35 bits per heavy atom. The Hall–Kier alpha value is -1.31. The summed E-state index contributed by atoms with van der Waals surface area (Å²) >= 11 is 0. The van der Waals surface area contributed by atoms with Crippen molar-refractivity contribution in [2.45, 2.75) is 46.6 Å². The van der Waals surface area contributed by atoms with Crippen molar-refractivity contribution in [2.24, 2.45) is 10.9 Å². The second-order valence-corrected chi connectivity index (χ2v) is 5.43. The molecule has 0 amide bonds. The van der Waals surface area contributed by atoms with Crippen molar-refractivity contribution in [3.8, 4) is 0 Å². The molecule has 1 atom stereocenters. The molecule has 0 aliphatic carbocycles. The molecule has 1 aliphatic heterocycles. The van der Waals surface area contributed by atoms with Gasteiger partial charge in [-0.15, -0.1) is 0 Å². The number of aliphatic imine (C=N–C) groups is 1. The summed E-state index contributed by atoms with van der Waals surface area (Å²) in [5.41, 5.74) is 3.77. The molecule has 92 valence electrons. The number of hydrogen-bond donors (Lipinski definition) is 1. The van der Waals surface area contributed by atoms with Crippen LogP contribution in [-0.2, 0) is 0 Å². The number of nitrogens with one attached hydrogen (secondary N) is 1. The number of amidine groups is 1. The maximum atomic E-state index is 4.75. The molecule has 0 fully saturated rings. The largest absolute Gasteiger partial charge is 0.344 e. The fraction of sp³-hybridized carbons (Fsp3) is 0.533. The third-order valence-corrected chi connectivity index (χ3v) is 3.28. The molecule has 2 heteroatoms. The van der Waals surface area contributed by atoms with Crippen molar-refractivity contribution in [1.82, 2.24) is 0 Å². The SMILES string of the molecule is Cc1cc(C)cc(NC2=N[C@@H](C(C)C)CC2)c1. The number of benzene rings is 1. The molecule has 0 bridgehead atoms. The highest BCUT2D eigenvalue weighted by Gasteiger charge is 2.20. The highest BCUT2D eigenvalue weighted by Crippen LogP contribution is 2.22. The van der Waals surface area contributed by atoms with Crippen LogP contribution in [0.15, 0.2) is 23.2 Å². The van der Waals surface area contributed by atoms with Crippen LogP contribution in [0.3, 0.4) is 0 Å². The van der Waals surface area contributed by atoms with Crippen LogP contribution < -0.4 is 5.32 Å². The Labute approximate surface area is 104 Å². The van der Waals surface area contributed by atoms with Crippen molar-refractivity contribution in [2.75, 3.05) is 5.32 Å². The van der Waals surface area contributed by atoms with Gasteiger partial charge in [0, 0.05) is 12.1 Å². The fourth-order valence-electron chi connectivity index (χ4n) is 2.40. The molecule has 17 heavy (non-hydrogen) atoms. The summed E-state index contributed by atoms with van der Waals surface area (Å²) in [6, 6.07) is 7.05. The van der Waals surface area contributed by atoms with Crippen LogP contribution in [0.1, 0.15) is 37.8 Å². The maximum Gasteiger partial charge on any atom is 0.101 e. The van der Waals surface area contributed by atoms with Crippen molar-refractivity contribution in [1.29, 1.82) is 0 Å². The summed E-state index contributed by atoms with van der Waals surface area (Å²) in [6.45, 7) is 8.75. The van der Waals surface area contributed by atoms with E-state index in [1.54, 1.807) is 0 Å². The lowest BCUT2D eigenvalue weighted by Gasteiger charge is -2.09. The number of nitrogens with zero attached hydrogens (tertiary/aromatic N) is 1. The predicted octanol–water partition coefficient (Wildman–Crippen LogP) is 3.93. The van der Waals surface area contributed by atoms with E-state index in [0.717, 1.165) is 12.3 Å². The van der Waals surface area contributed by atoms with Gasteiger partial charge in [-0.3, -0.25) is 4.99 Å². The van der Waals surface area contributed by atoms with E-state index in [1.807, 2.05) is 0 Å². The van der Waals surface area contributed by atoms with Gasteiger partial charge in [-0.25, -0.2) is 0 Å². The van der Waals surface area contributed by atoms with Gasteiger partial charge in [0.2, 0.25) is 0 Å². The summed E-state index contributed by atoms with van der Waals surface area (Å²) in [7, 11) is 0. The number of hydrogen-bond acceptors (Lipinski definition) is 2. The van der Waals surface area contributed by atoms with Crippen LogP contribution in [0, 0.1) is 19.8 Å². The van der Waals surface area contributed by atoms with Crippen LogP contribution in [0.25, 0.3) is 0 Å². The molecular weight excluding hydrogens is 208 g/mol. The molecule has 2 rings (SSSR count). The van der Waals surface area contributed by atoms with Gasteiger partial charge in [0.1, 0.15) is 5.84 Å². The molecular formula is C15H22N2. The van der Waals surface area contributed by atoms with Crippen LogP contribution >= 0.6 is 0 Å². The highest BCUT2D eigenvalue weighted by atomic mass is 15.0. The number of rotatable bonds is 2. The Morgan fingerprint density at radius 1 is 1.18 bits per heavy atom. The standard InChI is InChI=1S/C15H22N2/c1-10(2)14-5-6-15(17-14)16-13-8-11(3)7-12(4)9-13/h7-10,14H,5-6H2,1-4H3,(H,16,17)/t14-/m1/s1. The first-order valence-corrected chi connectivity index (χ1v) is 6.46. The third kappa shape index (κ3) is 3.09. The molecule has 0 saturated heterocycles. The quantitative estimate of drug-likeness (QED) is 0.818. The van der Waals surface area contributed by atoms with Gasteiger partial charge in [-0.2, -0.15) is 0 Å². The molecule has 1 aromatic rings. The van der Waals surface area contributed by atoms with E-state index in [2.05, 4.69) is 51.2 Å². The van der Waals surface area contributed by atoms with E-state index in [9.17, 15) is 0 Å². The number of aryl methyl sites for hydroxylation is 2. The van der Waals surface area contributed by atoms with E-state index < -0.39 is 0 Å². The van der Waals surface area contributed by atoms with E-state index >= 15 is 0 Å². The Balaban J connectivity index is 2.09. The summed E-state index contributed by atoms with van der Waals surface area (Å²) in [5.74, 6) is 1.79. The van der Waals surface area contributed by atoms with Crippen LogP contribution in [-0.4, -0.2) is 11.9 Å². The van der Waals surface area contributed by atoms with Gasteiger partial charge in [0.25, 0.3) is 0 Å². The average Bonchev–Trinajstić information content (AvgIpc) is 2.64. The topological polar surface area (TPSA) is 24.4 Å². The fourth-order valence-corrected chi connectivity index (χ4v) is 2.40. The molecule has 0 aromatic heterocycles. The summed E-state index contributed by atoms with van der Waals surface area (Å²) in [5, 5.41) is 3.46. The van der Waals surface area contributed by atoms with Gasteiger partial charge in [0.05, 0.1) is 6.04 Å². The number of anilines is 1. The third-order valence-electron chi connectivity index (χ3n) is 3.28. The van der Waals surface area contributed by atoms with Gasteiger partial charge in [0.15, 0.2) is 0 Å². The predicted molar refractivity (Wildman–Crippen MR) is 74.8 cm³/mol. The summed E-state index contributed by atoms with van der Waals surface area (Å²) in [6.07, 6.45) is 2.26. The summed E-state index contributed by atoms with van der Waals surface area (Å²) < 4.78 is 0. The Bertz CT molecular complexity index is 412. The second kappa shape index (κ2) is 4.91. The lowest BCUT2D eigenvalue weighted by molar-refractivity contribution is 0.494. The lowest BCUT2D eigenvalue weighted by Crippen LogP contribution is -2.10. The van der Waals surface area contributed by atoms with Crippen molar-refractivity contribution < 1.29 is 0 Å². The van der Waals surface area contributed by atoms with Gasteiger partial charge < -0.3 is 5.32 Å². The van der Waals surface area contributed by atoms with E-state index in [-0.39, 0.29) is 0 Å². The zero-order valence-corrected chi connectivity index (χ0v) is 11.2. The molecule has 1 aromatic carbocycles. The lowest BCUT2D eigenvalue weighted by atomic mass is 10.0. The first-order chi connectivity index (χ1) is 8.04. The van der Waals surface area contributed by atoms with E-state index in [0.29, 0.717) is 12.0 Å². The average molecular weight is 230 g/mol.